The molecule has 2 aromatic carbocycles. The summed E-state index contributed by atoms with van der Waals surface area (Å²) in [6.07, 6.45) is 0. The van der Waals surface area contributed by atoms with Crippen molar-refractivity contribution in [3.05, 3.63) is 65.0 Å². The molecule has 1 amide bonds. The number of nitrogens with one attached hydrogen (secondary N) is 1. The van der Waals surface area contributed by atoms with E-state index in [4.69, 9.17) is 0 Å². The summed E-state index contributed by atoms with van der Waals surface area (Å²) in [5.41, 5.74) is 3.99. The minimum Gasteiger partial charge on any atom is -0.434 e. The third kappa shape index (κ3) is 4.58. The van der Waals surface area contributed by atoms with Gasteiger partial charge in [0.15, 0.2) is 0 Å². The molecule has 0 aromatic heterocycles. The van der Waals surface area contributed by atoms with Crippen molar-refractivity contribution in [2.75, 3.05) is 0 Å². The van der Waals surface area contributed by atoms with E-state index in [1.165, 1.54) is 18.2 Å². The van der Waals surface area contributed by atoms with Crippen LogP contribution < -0.4 is 10.2 Å². The molecule has 0 spiro atoms. The normalized spacial score (nSPS) is 11.5. The van der Waals surface area contributed by atoms with Crippen LogP contribution in [0, 0.1) is 12.7 Å². The number of rotatable bonds is 5. The second kappa shape index (κ2) is 7.63. The smallest absolute Gasteiger partial charge is 0.387 e. The zero-order valence-electron chi connectivity index (χ0n) is 13.0. The highest BCUT2D eigenvalue weighted by atomic mass is 19.3. The van der Waals surface area contributed by atoms with Crippen molar-refractivity contribution < 1.29 is 22.7 Å². The molecule has 0 radical (unpaired) electrons. The van der Waals surface area contributed by atoms with Crippen LogP contribution in [0.25, 0.3) is 0 Å². The summed E-state index contributed by atoms with van der Waals surface area (Å²) >= 11 is 0. The van der Waals surface area contributed by atoms with Crippen molar-refractivity contribution in [2.24, 2.45) is 5.10 Å². The van der Waals surface area contributed by atoms with E-state index in [0.717, 1.165) is 17.7 Å². The molecule has 0 fully saturated rings. The largest absolute Gasteiger partial charge is 0.434 e. The van der Waals surface area contributed by atoms with Crippen LogP contribution in [0.5, 0.6) is 5.75 Å². The summed E-state index contributed by atoms with van der Waals surface area (Å²) in [7, 11) is 0. The fourth-order valence-corrected chi connectivity index (χ4v) is 1.99. The molecule has 0 aliphatic heterocycles. The molecule has 2 aromatic rings. The Kier molecular flexibility index (Phi) is 5.57. The van der Waals surface area contributed by atoms with Gasteiger partial charge in [0.25, 0.3) is 5.91 Å². The van der Waals surface area contributed by atoms with Gasteiger partial charge >= 0.3 is 6.61 Å². The van der Waals surface area contributed by atoms with E-state index >= 15 is 0 Å². The molecule has 0 aliphatic carbocycles. The van der Waals surface area contributed by atoms with Crippen molar-refractivity contribution in [1.29, 1.82) is 0 Å². The van der Waals surface area contributed by atoms with Gasteiger partial charge in [-0.3, -0.25) is 4.79 Å². The lowest BCUT2D eigenvalue weighted by Crippen LogP contribution is -2.19. The zero-order valence-corrected chi connectivity index (χ0v) is 13.0. The quantitative estimate of drug-likeness (QED) is 0.665. The number of hydrogen-bond acceptors (Lipinski definition) is 3. The molecule has 126 valence electrons. The number of benzene rings is 2. The van der Waals surface area contributed by atoms with Crippen LogP contribution in [0.2, 0.25) is 0 Å². The third-order valence-electron chi connectivity index (χ3n) is 3.17. The van der Waals surface area contributed by atoms with Gasteiger partial charge in [0, 0.05) is 11.1 Å². The molecule has 24 heavy (non-hydrogen) atoms. The molecule has 7 heteroatoms. The highest BCUT2D eigenvalue weighted by Gasteiger charge is 2.13. The van der Waals surface area contributed by atoms with E-state index in [2.05, 4.69) is 15.3 Å². The van der Waals surface area contributed by atoms with Gasteiger partial charge in [-0.15, -0.1) is 0 Å². The summed E-state index contributed by atoms with van der Waals surface area (Å²) in [6, 6.07) is 9.60. The molecular weight excluding hydrogens is 321 g/mol. The minimum absolute atomic E-state index is 0.0344. The van der Waals surface area contributed by atoms with Gasteiger partial charge in [0.05, 0.1) is 5.71 Å². The first kappa shape index (κ1) is 17.5. The van der Waals surface area contributed by atoms with Gasteiger partial charge in [-0.05, 0) is 50.2 Å². The van der Waals surface area contributed by atoms with E-state index in [1.54, 1.807) is 26.0 Å². The first-order valence-electron chi connectivity index (χ1n) is 7.03. The van der Waals surface area contributed by atoms with Gasteiger partial charge in [-0.25, -0.2) is 9.82 Å². The molecule has 2 rings (SSSR count). The second-order valence-corrected chi connectivity index (χ2v) is 5.02. The first-order chi connectivity index (χ1) is 11.4. The van der Waals surface area contributed by atoms with Crippen molar-refractivity contribution in [3.8, 4) is 5.75 Å². The summed E-state index contributed by atoms with van der Waals surface area (Å²) < 4.78 is 42.2. The third-order valence-corrected chi connectivity index (χ3v) is 3.17. The SMILES string of the molecule is C/C(=N/NC(=O)c1ccc(F)cc1)c1cc(C)ccc1OC(F)F. The van der Waals surface area contributed by atoms with Gasteiger partial charge < -0.3 is 4.74 Å². The lowest BCUT2D eigenvalue weighted by Gasteiger charge is -2.11. The van der Waals surface area contributed by atoms with Crippen LogP contribution in [0.4, 0.5) is 13.2 Å². The first-order valence-corrected chi connectivity index (χ1v) is 7.03. The molecule has 0 heterocycles. The van der Waals surface area contributed by atoms with Crippen LogP contribution in [0.3, 0.4) is 0 Å². The zero-order chi connectivity index (χ0) is 17.7. The minimum atomic E-state index is -2.96. The topological polar surface area (TPSA) is 50.7 Å². The standard InChI is InChI=1S/C17H15F3N2O2/c1-10-3-8-15(24-17(19)20)14(9-10)11(2)21-22-16(23)12-4-6-13(18)7-5-12/h3-9,17H,1-2H3,(H,22,23)/b21-11-. The van der Waals surface area contributed by atoms with Crippen LogP contribution in [0.15, 0.2) is 47.6 Å². The fraction of sp³-hybridized carbons (Fsp3) is 0.176. The van der Waals surface area contributed by atoms with Crippen LogP contribution in [0.1, 0.15) is 28.4 Å². The second-order valence-electron chi connectivity index (χ2n) is 5.02. The van der Waals surface area contributed by atoms with Crippen molar-refractivity contribution in [1.82, 2.24) is 5.43 Å². The van der Waals surface area contributed by atoms with Gasteiger partial charge in [-0.2, -0.15) is 13.9 Å². The van der Waals surface area contributed by atoms with Crippen molar-refractivity contribution in [2.45, 2.75) is 20.5 Å². The maximum absolute atomic E-state index is 12.8. The lowest BCUT2D eigenvalue weighted by molar-refractivity contribution is -0.0499. The molecule has 0 saturated carbocycles. The number of hydrazone groups is 1. The summed E-state index contributed by atoms with van der Waals surface area (Å²) in [5, 5.41) is 3.90. The summed E-state index contributed by atoms with van der Waals surface area (Å²) in [6.45, 7) is 0.381. The number of carbonyl (C=O) groups is 1. The van der Waals surface area contributed by atoms with Gasteiger partial charge in [0.2, 0.25) is 0 Å². The number of carbonyl (C=O) groups excluding carboxylic acids is 1. The Morgan fingerprint density at radius 1 is 1.17 bits per heavy atom. The number of amides is 1. The maximum Gasteiger partial charge on any atom is 0.387 e. The Morgan fingerprint density at radius 3 is 2.46 bits per heavy atom. The average molecular weight is 336 g/mol. The monoisotopic (exact) mass is 336 g/mol. The van der Waals surface area contributed by atoms with E-state index in [9.17, 15) is 18.0 Å². The maximum atomic E-state index is 12.8. The fourth-order valence-electron chi connectivity index (χ4n) is 1.99. The highest BCUT2D eigenvalue weighted by Crippen LogP contribution is 2.22. The number of ether oxygens (including phenoxy) is 1. The molecule has 0 atom stereocenters. The lowest BCUT2D eigenvalue weighted by atomic mass is 10.1. The molecule has 0 saturated heterocycles. The predicted molar refractivity (Wildman–Crippen MR) is 83.9 cm³/mol. The molecule has 0 unspecified atom stereocenters. The Balaban J connectivity index is 2.19. The number of halogens is 3. The molecule has 0 bridgehead atoms. The Hall–Kier alpha value is -2.83. The van der Waals surface area contributed by atoms with E-state index < -0.39 is 18.3 Å². The summed E-state index contributed by atoms with van der Waals surface area (Å²) in [5.74, 6) is -1.04. The number of nitrogens with zero attached hydrogens (tertiary/aromatic N) is 1. The van der Waals surface area contributed by atoms with Gasteiger partial charge in [-0.1, -0.05) is 11.6 Å². The van der Waals surface area contributed by atoms with E-state index in [-0.39, 0.29) is 11.3 Å². The number of aryl methyl sites for hydroxylation is 1. The van der Waals surface area contributed by atoms with Gasteiger partial charge in [0.1, 0.15) is 11.6 Å². The number of alkyl halides is 2. The van der Waals surface area contributed by atoms with Crippen LogP contribution in [-0.2, 0) is 0 Å². The van der Waals surface area contributed by atoms with Crippen LogP contribution in [-0.4, -0.2) is 18.2 Å². The Bertz CT molecular complexity index is 759. The summed E-state index contributed by atoms with van der Waals surface area (Å²) in [4.78, 5) is 11.9. The molecular formula is C17H15F3N2O2. The van der Waals surface area contributed by atoms with E-state index in [0.29, 0.717) is 11.3 Å². The van der Waals surface area contributed by atoms with Crippen molar-refractivity contribution >= 4 is 11.6 Å². The predicted octanol–water partition coefficient (Wildman–Crippen LogP) is 3.89. The molecule has 1 N–H and O–H groups in total. The van der Waals surface area contributed by atoms with Crippen molar-refractivity contribution in [3.63, 3.8) is 0 Å². The highest BCUT2D eigenvalue weighted by molar-refractivity contribution is 6.02. The van der Waals surface area contributed by atoms with E-state index in [1.807, 2.05) is 0 Å². The Labute approximate surface area is 137 Å². The average Bonchev–Trinajstić information content (AvgIpc) is 2.54. The number of hydrogen-bond donors (Lipinski definition) is 1. The molecule has 0 aliphatic rings. The Morgan fingerprint density at radius 2 is 1.83 bits per heavy atom. The van der Waals surface area contributed by atoms with Crippen LogP contribution >= 0.6 is 0 Å². The molecule has 4 nitrogen and oxygen atoms in total.